The Kier molecular flexibility index (Phi) is 8.93. The van der Waals surface area contributed by atoms with E-state index in [0.717, 1.165) is 24.2 Å². The molecular weight excluding hydrogens is 434 g/mol. The summed E-state index contributed by atoms with van der Waals surface area (Å²) < 4.78 is 18.1. The van der Waals surface area contributed by atoms with Crippen molar-refractivity contribution in [2.45, 2.75) is 45.6 Å². The lowest BCUT2D eigenvalue weighted by Gasteiger charge is -2.11. The number of aryl methyl sites for hydroxylation is 2. The molecule has 0 bridgehead atoms. The molecule has 0 radical (unpaired) electrons. The van der Waals surface area contributed by atoms with Crippen LogP contribution in [0.25, 0.3) is 0 Å². The number of carbonyl (C=O) groups is 2. The second kappa shape index (κ2) is 11.9. The third kappa shape index (κ3) is 6.01. The van der Waals surface area contributed by atoms with Crippen molar-refractivity contribution in [3.8, 4) is 5.75 Å². The van der Waals surface area contributed by atoms with Crippen LogP contribution in [-0.4, -0.2) is 55.1 Å². The van der Waals surface area contributed by atoms with Gasteiger partial charge >= 0.3 is 5.97 Å². The van der Waals surface area contributed by atoms with E-state index >= 15 is 0 Å². The van der Waals surface area contributed by atoms with Crippen LogP contribution in [0.5, 0.6) is 5.75 Å². The first-order valence-electron chi connectivity index (χ1n) is 11.0. The summed E-state index contributed by atoms with van der Waals surface area (Å²) >= 11 is 5.99. The highest BCUT2D eigenvalue weighted by atomic mass is 35.5. The molecule has 3 rings (SSSR count). The van der Waals surface area contributed by atoms with Crippen LogP contribution in [0, 0.1) is 0 Å². The van der Waals surface area contributed by atoms with E-state index in [2.05, 4.69) is 10.4 Å². The van der Waals surface area contributed by atoms with Gasteiger partial charge in [-0.25, -0.2) is 4.79 Å². The van der Waals surface area contributed by atoms with Gasteiger partial charge in [-0.3, -0.25) is 9.48 Å². The number of amides is 1. The van der Waals surface area contributed by atoms with Crippen molar-refractivity contribution in [3.63, 3.8) is 0 Å². The van der Waals surface area contributed by atoms with Crippen LogP contribution in [0.1, 0.15) is 58.3 Å². The molecule has 1 aliphatic heterocycles. The summed E-state index contributed by atoms with van der Waals surface area (Å²) in [6.45, 7) is 4.62. The van der Waals surface area contributed by atoms with Crippen molar-refractivity contribution in [1.29, 1.82) is 0 Å². The maximum atomic E-state index is 12.8. The van der Waals surface area contributed by atoms with Crippen LogP contribution in [0.3, 0.4) is 0 Å². The van der Waals surface area contributed by atoms with Crippen LogP contribution in [0.4, 0.5) is 0 Å². The van der Waals surface area contributed by atoms with E-state index in [0.29, 0.717) is 61.9 Å². The quantitative estimate of drug-likeness (QED) is 0.499. The van der Waals surface area contributed by atoms with Gasteiger partial charge in [0, 0.05) is 37.7 Å². The highest BCUT2D eigenvalue weighted by Gasteiger charge is 2.23. The number of benzene rings is 1. The first kappa shape index (κ1) is 24.1. The predicted octanol–water partition coefficient (Wildman–Crippen LogP) is 3.44. The fourth-order valence-corrected chi connectivity index (χ4v) is 3.88. The Balaban J connectivity index is 1.67. The highest BCUT2D eigenvalue weighted by Crippen LogP contribution is 2.23. The molecule has 2 aromatic rings. The van der Waals surface area contributed by atoms with Crippen LogP contribution in [0.15, 0.2) is 18.2 Å². The Hall–Kier alpha value is -2.58. The smallest absolute Gasteiger partial charge is 0.341 e. The highest BCUT2D eigenvalue weighted by molar-refractivity contribution is 6.31. The summed E-state index contributed by atoms with van der Waals surface area (Å²) in [5.74, 6) is -0.157. The predicted molar refractivity (Wildman–Crippen MR) is 121 cm³/mol. The number of carbonyl (C=O) groups excluding carboxylic acids is 2. The van der Waals surface area contributed by atoms with Gasteiger partial charge in [-0.05, 0) is 43.9 Å². The third-order valence-electron chi connectivity index (χ3n) is 5.27. The number of ether oxygens (including phenoxy) is 3. The summed E-state index contributed by atoms with van der Waals surface area (Å²) in [6.07, 6.45) is 3.54. The Morgan fingerprint density at radius 2 is 2.12 bits per heavy atom. The molecule has 2 heterocycles. The van der Waals surface area contributed by atoms with Gasteiger partial charge in [-0.15, -0.1) is 0 Å². The molecule has 0 fully saturated rings. The Morgan fingerprint density at radius 1 is 1.31 bits per heavy atom. The number of aromatic nitrogens is 2. The van der Waals surface area contributed by atoms with Gasteiger partial charge in [0.2, 0.25) is 0 Å². The molecule has 8 nitrogen and oxygen atoms in total. The molecule has 0 saturated carbocycles. The summed E-state index contributed by atoms with van der Waals surface area (Å²) in [7, 11) is 1.49. The van der Waals surface area contributed by atoms with E-state index in [1.165, 1.54) is 13.2 Å². The molecule has 174 valence electrons. The molecule has 1 aromatic carbocycles. The van der Waals surface area contributed by atoms with Crippen LogP contribution < -0.4 is 10.1 Å². The van der Waals surface area contributed by atoms with Crippen molar-refractivity contribution < 1.29 is 23.8 Å². The minimum Gasteiger partial charge on any atom is -0.496 e. The number of nitrogens with one attached hydrogen (secondary N) is 1. The molecule has 32 heavy (non-hydrogen) atoms. The maximum Gasteiger partial charge on any atom is 0.341 e. The number of fused-ring (bicyclic) bond motifs is 1. The zero-order valence-electron chi connectivity index (χ0n) is 18.6. The first-order valence-corrected chi connectivity index (χ1v) is 11.4. The molecule has 0 saturated heterocycles. The van der Waals surface area contributed by atoms with E-state index in [1.807, 2.05) is 11.6 Å². The summed E-state index contributed by atoms with van der Waals surface area (Å²) in [5.41, 5.74) is 2.67. The maximum absolute atomic E-state index is 12.8. The van der Waals surface area contributed by atoms with Crippen LogP contribution >= 0.6 is 11.6 Å². The number of rotatable bonds is 7. The van der Waals surface area contributed by atoms with Gasteiger partial charge in [-0.2, -0.15) is 5.10 Å². The lowest BCUT2D eigenvalue weighted by atomic mass is 10.1. The van der Waals surface area contributed by atoms with E-state index in [9.17, 15) is 9.59 Å². The normalized spacial score (nSPS) is 14.8. The minimum absolute atomic E-state index is 0.0792. The standard InChI is InChI=1S/C23H30ClN3O5/c1-3-18-21-19(7-4-12-31-13-5-10-25-22(21)28)27(26-18)11-6-14-32-23(29)17-15-16(24)8-9-20(17)30-2/h8-9,15H,3-7,10-14H2,1-2H3,(H,25,28). The minimum atomic E-state index is -0.491. The monoisotopic (exact) mass is 463 g/mol. The number of halogens is 1. The number of esters is 1. The summed E-state index contributed by atoms with van der Waals surface area (Å²) in [5, 5.41) is 8.09. The van der Waals surface area contributed by atoms with E-state index in [1.54, 1.807) is 12.1 Å². The van der Waals surface area contributed by atoms with Crippen molar-refractivity contribution >= 4 is 23.5 Å². The number of nitrogens with zero attached hydrogens (tertiary/aromatic N) is 2. The van der Waals surface area contributed by atoms with E-state index < -0.39 is 5.97 Å². The van der Waals surface area contributed by atoms with Crippen molar-refractivity contribution in [2.24, 2.45) is 0 Å². The van der Waals surface area contributed by atoms with Gasteiger partial charge in [-0.1, -0.05) is 18.5 Å². The van der Waals surface area contributed by atoms with Gasteiger partial charge < -0.3 is 19.5 Å². The largest absolute Gasteiger partial charge is 0.496 e. The topological polar surface area (TPSA) is 91.7 Å². The fourth-order valence-electron chi connectivity index (χ4n) is 3.71. The number of methoxy groups -OCH3 is 1. The van der Waals surface area contributed by atoms with Crippen LogP contribution in [-0.2, 0) is 28.9 Å². The van der Waals surface area contributed by atoms with Gasteiger partial charge in [0.1, 0.15) is 11.3 Å². The Labute approximate surface area is 193 Å². The van der Waals surface area contributed by atoms with Crippen molar-refractivity contribution in [2.75, 3.05) is 33.5 Å². The van der Waals surface area contributed by atoms with Gasteiger partial charge in [0.05, 0.1) is 30.7 Å². The lowest BCUT2D eigenvalue weighted by Crippen LogP contribution is -2.26. The molecule has 1 amide bonds. The average Bonchev–Trinajstić information content (AvgIpc) is 3.13. The Bertz CT molecular complexity index is 944. The third-order valence-corrected chi connectivity index (χ3v) is 5.51. The van der Waals surface area contributed by atoms with E-state index in [4.69, 9.17) is 25.8 Å². The molecule has 1 N–H and O–H groups in total. The number of hydrogen-bond acceptors (Lipinski definition) is 6. The fraction of sp³-hybridized carbons (Fsp3) is 0.522. The zero-order chi connectivity index (χ0) is 22.9. The first-order chi connectivity index (χ1) is 15.5. The lowest BCUT2D eigenvalue weighted by molar-refractivity contribution is 0.0491. The second-order valence-electron chi connectivity index (χ2n) is 7.50. The molecule has 1 aliphatic rings. The van der Waals surface area contributed by atoms with E-state index in [-0.39, 0.29) is 18.1 Å². The van der Waals surface area contributed by atoms with Gasteiger partial charge in [0.15, 0.2) is 0 Å². The molecule has 0 unspecified atom stereocenters. The average molecular weight is 464 g/mol. The molecule has 0 aliphatic carbocycles. The van der Waals surface area contributed by atoms with Crippen molar-refractivity contribution in [1.82, 2.24) is 15.1 Å². The van der Waals surface area contributed by atoms with Crippen molar-refractivity contribution in [3.05, 3.63) is 45.7 Å². The second-order valence-corrected chi connectivity index (χ2v) is 7.94. The molecule has 0 atom stereocenters. The van der Waals surface area contributed by atoms with Gasteiger partial charge in [0.25, 0.3) is 5.91 Å². The SMILES string of the molecule is CCc1nn(CCCOC(=O)c2cc(Cl)ccc2OC)c2c1C(=O)NCCCOCCC2. The summed E-state index contributed by atoms with van der Waals surface area (Å²) in [6, 6.07) is 4.82. The number of hydrogen-bond donors (Lipinski definition) is 1. The molecular formula is C23H30ClN3O5. The Morgan fingerprint density at radius 3 is 2.91 bits per heavy atom. The molecule has 1 aromatic heterocycles. The summed E-state index contributed by atoms with van der Waals surface area (Å²) in [4.78, 5) is 25.2. The molecule has 0 spiro atoms. The van der Waals surface area contributed by atoms with Crippen LogP contribution in [0.2, 0.25) is 5.02 Å². The molecule has 9 heteroatoms. The zero-order valence-corrected chi connectivity index (χ0v) is 19.4.